The lowest BCUT2D eigenvalue weighted by Crippen LogP contribution is -2.67. The molecule has 1 aliphatic heterocycles. The second-order valence-electron chi connectivity index (χ2n) is 5.91. The summed E-state index contributed by atoms with van der Waals surface area (Å²) in [7, 11) is -3.56. The van der Waals surface area contributed by atoms with Crippen molar-refractivity contribution < 1.29 is 13.2 Å². The highest BCUT2D eigenvalue weighted by molar-refractivity contribution is 7.98. The van der Waals surface area contributed by atoms with E-state index < -0.39 is 14.8 Å². The number of carbonyl (C=O) groups excluding carboxylic acids is 1. The molecule has 0 unspecified atom stereocenters. The fourth-order valence-electron chi connectivity index (χ4n) is 2.21. The quantitative estimate of drug-likeness (QED) is 0.911. The molecule has 2 fully saturated rings. The maximum atomic E-state index is 12.1. The first-order valence-corrected chi connectivity index (χ1v) is 8.20. The molecule has 1 aromatic carbocycles. The molecule has 0 aromatic heterocycles. The van der Waals surface area contributed by atoms with Crippen molar-refractivity contribution in [2.45, 2.75) is 44.0 Å². The maximum absolute atomic E-state index is 12.1. The molecule has 1 amide bonds. The molecule has 2 aliphatic rings. The van der Waals surface area contributed by atoms with Gasteiger partial charge in [0, 0.05) is 12.6 Å². The van der Waals surface area contributed by atoms with Crippen LogP contribution < -0.4 is 9.62 Å². The Hall–Kier alpha value is -1.40. The molecule has 1 saturated heterocycles. The molecule has 0 atom stereocenters. The lowest BCUT2D eigenvalue weighted by atomic mass is 10.1. The molecule has 0 radical (unpaired) electrons. The molecular weight excluding hydrogens is 276 g/mol. The molecule has 6 heteroatoms. The summed E-state index contributed by atoms with van der Waals surface area (Å²) in [5.41, 5.74) is 1.51. The minimum absolute atomic E-state index is 0.374. The van der Waals surface area contributed by atoms with E-state index in [0.717, 1.165) is 16.4 Å². The van der Waals surface area contributed by atoms with E-state index in [1.807, 2.05) is 12.1 Å². The Kier molecular flexibility index (Phi) is 2.92. The predicted octanol–water partition coefficient (Wildman–Crippen LogP) is 1.39. The topological polar surface area (TPSA) is 66.5 Å². The highest BCUT2D eigenvalue weighted by Crippen LogP contribution is 2.38. The summed E-state index contributed by atoms with van der Waals surface area (Å²) in [6, 6.07) is 7.73. The van der Waals surface area contributed by atoms with Gasteiger partial charge in [0.25, 0.3) is 15.9 Å². The summed E-state index contributed by atoms with van der Waals surface area (Å²) in [4.78, 5) is 11.9. The highest BCUT2D eigenvalue weighted by atomic mass is 32.2. The van der Waals surface area contributed by atoms with Crippen LogP contribution in [0.2, 0.25) is 0 Å². The summed E-state index contributed by atoms with van der Waals surface area (Å²) in [6.45, 7) is 3.65. The van der Waals surface area contributed by atoms with Gasteiger partial charge in [0.2, 0.25) is 0 Å². The Labute approximate surface area is 119 Å². The van der Waals surface area contributed by atoms with Gasteiger partial charge in [0.1, 0.15) is 0 Å². The number of nitrogens with one attached hydrogen (secondary N) is 1. The number of anilines is 1. The number of nitrogens with zero attached hydrogens (tertiary/aromatic N) is 1. The van der Waals surface area contributed by atoms with Crippen LogP contribution in [0, 0.1) is 0 Å². The van der Waals surface area contributed by atoms with Crippen molar-refractivity contribution in [1.82, 2.24) is 5.32 Å². The first-order valence-electron chi connectivity index (χ1n) is 6.76. The van der Waals surface area contributed by atoms with Crippen molar-refractivity contribution in [3.8, 4) is 0 Å². The molecular formula is C14H18N2O3S. The van der Waals surface area contributed by atoms with Crippen LogP contribution in [0.5, 0.6) is 0 Å². The van der Waals surface area contributed by atoms with Crippen LogP contribution in [0.3, 0.4) is 0 Å². The van der Waals surface area contributed by atoms with Crippen molar-refractivity contribution in [1.29, 1.82) is 0 Å². The van der Waals surface area contributed by atoms with Crippen LogP contribution in [0.1, 0.15) is 32.3 Å². The van der Waals surface area contributed by atoms with Gasteiger partial charge in [-0.2, -0.15) is 0 Å². The first-order chi connectivity index (χ1) is 9.34. The smallest absolute Gasteiger partial charge is 0.263 e. The van der Waals surface area contributed by atoms with E-state index in [9.17, 15) is 13.2 Å². The van der Waals surface area contributed by atoms with Gasteiger partial charge in [0.15, 0.2) is 4.75 Å². The summed E-state index contributed by atoms with van der Waals surface area (Å²) < 4.78 is 23.8. The fraction of sp³-hybridized carbons (Fsp3) is 0.500. The molecule has 0 spiro atoms. The standard InChI is InChI=1S/C14H18N2O3S/c1-14(2)13(17)16(20(14,18)19)12-7-3-10(4-8-12)9-15-11-5-6-11/h3-4,7-8,11,15H,5-6,9H2,1-2H3. The Bertz CT molecular complexity index is 646. The van der Waals surface area contributed by atoms with Gasteiger partial charge in [-0.15, -0.1) is 0 Å². The molecule has 3 rings (SSSR count). The number of hydrogen-bond acceptors (Lipinski definition) is 4. The van der Waals surface area contributed by atoms with Gasteiger partial charge in [-0.3, -0.25) is 4.79 Å². The normalized spacial score (nSPS) is 23.5. The van der Waals surface area contributed by atoms with Gasteiger partial charge in [-0.25, -0.2) is 12.7 Å². The minimum Gasteiger partial charge on any atom is -0.310 e. The lowest BCUT2D eigenvalue weighted by Gasteiger charge is -2.42. The van der Waals surface area contributed by atoms with Crippen molar-refractivity contribution in [3.05, 3.63) is 29.8 Å². The number of amides is 1. The molecule has 0 bridgehead atoms. The van der Waals surface area contributed by atoms with E-state index in [0.29, 0.717) is 11.7 Å². The molecule has 1 heterocycles. The zero-order valence-corrected chi connectivity index (χ0v) is 12.4. The van der Waals surface area contributed by atoms with E-state index >= 15 is 0 Å². The molecule has 1 N–H and O–H groups in total. The van der Waals surface area contributed by atoms with Crippen LogP contribution in [-0.2, 0) is 21.4 Å². The van der Waals surface area contributed by atoms with E-state index in [4.69, 9.17) is 0 Å². The van der Waals surface area contributed by atoms with Crippen LogP contribution in [0.25, 0.3) is 0 Å². The molecule has 1 aliphatic carbocycles. The predicted molar refractivity (Wildman–Crippen MR) is 76.8 cm³/mol. The third-order valence-electron chi connectivity index (χ3n) is 3.93. The van der Waals surface area contributed by atoms with Crippen LogP contribution in [-0.4, -0.2) is 25.1 Å². The molecule has 1 saturated carbocycles. The minimum atomic E-state index is -3.56. The highest BCUT2D eigenvalue weighted by Gasteiger charge is 2.60. The maximum Gasteiger partial charge on any atom is 0.263 e. The SMILES string of the molecule is CC1(C)C(=O)N(c2ccc(CNC3CC3)cc2)S1(=O)=O. The Morgan fingerprint density at radius 1 is 1.25 bits per heavy atom. The van der Waals surface area contributed by atoms with E-state index in [-0.39, 0.29) is 5.91 Å². The number of hydrogen-bond donors (Lipinski definition) is 1. The number of rotatable bonds is 4. The third-order valence-corrected chi connectivity index (χ3v) is 6.25. The number of sulfonamides is 1. The number of carbonyl (C=O) groups is 1. The number of benzene rings is 1. The van der Waals surface area contributed by atoms with Crippen molar-refractivity contribution >= 4 is 21.6 Å². The molecule has 1 aromatic rings. The second-order valence-corrected chi connectivity index (χ2v) is 8.24. The summed E-state index contributed by atoms with van der Waals surface area (Å²) in [5, 5.41) is 3.39. The fourth-order valence-corrected chi connectivity index (χ4v) is 3.69. The summed E-state index contributed by atoms with van der Waals surface area (Å²) >= 11 is 0. The van der Waals surface area contributed by atoms with E-state index in [1.54, 1.807) is 12.1 Å². The van der Waals surface area contributed by atoms with Gasteiger partial charge in [-0.05, 0) is 44.4 Å². The van der Waals surface area contributed by atoms with E-state index in [1.165, 1.54) is 26.7 Å². The Balaban J connectivity index is 1.76. The average Bonchev–Trinajstić information content (AvgIpc) is 3.21. The van der Waals surface area contributed by atoms with Gasteiger partial charge < -0.3 is 5.32 Å². The van der Waals surface area contributed by atoms with Crippen molar-refractivity contribution in [2.24, 2.45) is 0 Å². The van der Waals surface area contributed by atoms with Crippen molar-refractivity contribution in [2.75, 3.05) is 4.31 Å². The second kappa shape index (κ2) is 4.30. The monoisotopic (exact) mass is 294 g/mol. The lowest BCUT2D eigenvalue weighted by molar-refractivity contribution is -0.120. The van der Waals surface area contributed by atoms with Gasteiger partial charge in [-0.1, -0.05) is 12.1 Å². The van der Waals surface area contributed by atoms with Gasteiger partial charge >= 0.3 is 0 Å². The third kappa shape index (κ3) is 1.94. The Morgan fingerprint density at radius 2 is 1.85 bits per heavy atom. The summed E-state index contributed by atoms with van der Waals surface area (Å²) in [6.07, 6.45) is 2.46. The van der Waals surface area contributed by atoms with Crippen LogP contribution >= 0.6 is 0 Å². The van der Waals surface area contributed by atoms with Crippen LogP contribution in [0.15, 0.2) is 24.3 Å². The van der Waals surface area contributed by atoms with Crippen LogP contribution in [0.4, 0.5) is 5.69 Å². The largest absolute Gasteiger partial charge is 0.310 e. The average molecular weight is 294 g/mol. The molecule has 5 nitrogen and oxygen atoms in total. The zero-order valence-electron chi connectivity index (χ0n) is 11.6. The van der Waals surface area contributed by atoms with Crippen molar-refractivity contribution in [3.63, 3.8) is 0 Å². The molecule has 20 heavy (non-hydrogen) atoms. The summed E-state index contributed by atoms with van der Waals surface area (Å²) in [5.74, 6) is -0.374. The van der Waals surface area contributed by atoms with E-state index in [2.05, 4.69) is 5.32 Å². The van der Waals surface area contributed by atoms with Gasteiger partial charge in [0.05, 0.1) is 5.69 Å². The zero-order chi connectivity index (χ0) is 14.5. The molecule has 108 valence electrons. The first kappa shape index (κ1) is 13.6. The Morgan fingerprint density at radius 3 is 2.35 bits per heavy atom.